The average Bonchev–Trinajstić information content (AvgIpc) is 1.76. The Hall–Kier alpha value is -7.79. The van der Waals surface area contributed by atoms with Crippen LogP contribution in [-0.4, -0.2) is 95.6 Å². The number of aromatic nitrogens is 17. The van der Waals surface area contributed by atoms with Gasteiger partial charge < -0.3 is 0 Å². The van der Waals surface area contributed by atoms with Gasteiger partial charge in [-0.15, -0.1) is 15.3 Å². The highest BCUT2D eigenvalue weighted by molar-refractivity contribution is 8.24. The zero-order valence-corrected chi connectivity index (χ0v) is 55.0. The maximum absolute atomic E-state index is 11.3. The number of benzene rings is 3. The number of halogens is 4. The summed E-state index contributed by atoms with van der Waals surface area (Å²) < 4.78 is 25.3. The number of hydrogen-bond acceptors (Lipinski definition) is 19. The second-order valence-corrected chi connectivity index (χ2v) is 29.1. The quantitative estimate of drug-likeness (QED) is 0.0246. The van der Waals surface area contributed by atoms with Crippen LogP contribution in [0.2, 0.25) is 5.28 Å². The van der Waals surface area contributed by atoms with Crippen molar-refractivity contribution in [1.82, 2.24) is 84.9 Å². The van der Waals surface area contributed by atoms with E-state index in [1.807, 2.05) is 71.5 Å². The van der Waals surface area contributed by atoms with Crippen molar-refractivity contribution < 1.29 is 17.3 Å². The molecule has 0 atom stereocenters. The number of nitro benzene ring substituents is 1. The minimum Gasteiger partial charge on any atom is -0.292 e. The van der Waals surface area contributed by atoms with Gasteiger partial charge in [-0.1, -0.05) is 96.9 Å². The van der Waals surface area contributed by atoms with Crippen LogP contribution < -0.4 is 0 Å². The summed E-state index contributed by atoms with van der Waals surface area (Å²) in [6.07, 6.45) is 13.0. The van der Waals surface area contributed by atoms with Gasteiger partial charge in [0.1, 0.15) is 62.0 Å². The fourth-order valence-electron chi connectivity index (χ4n) is 8.68. The van der Waals surface area contributed by atoms with E-state index in [2.05, 4.69) is 177 Å². The lowest BCUT2D eigenvalue weighted by molar-refractivity contribution is -0.384. The van der Waals surface area contributed by atoms with Gasteiger partial charge in [-0.05, 0) is 169 Å². The highest BCUT2D eigenvalue weighted by atomic mass is 36.0. The Kier molecular flexibility index (Phi) is 26.6. The lowest BCUT2D eigenvalue weighted by Crippen LogP contribution is -2.14. The molecule has 7 heterocycles. The fraction of sp³-hybridized carbons (Fsp3) is 0.441. The van der Waals surface area contributed by atoms with Crippen LogP contribution in [0.5, 0.6) is 0 Å². The van der Waals surface area contributed by atoms with Crippen molar-refractivity contribution in [3.63, 3.8) is 0 Å². The van der Waals surface area contributed by atoms with E-state index >= 15 is 0 Å². The molecule has 474 valence electrons. The average molecular weight is 1320 g/mol. The summed E-state index contributed by atoms with van der Waals surface area (Å²) in [5.41, 5.74) is 19.8. The summed E-state index contributed by atoms with van der Waals surface area (Å²) in [5.74, 6) is 4.87. The van der Waals surface area contributed by atoms with Gasteiger partial charge in [-0.3, -0.25) is 19.5 Å². The lowest BCUT2D eigenvalue weighted by atomic mass is 9.96. The predicted molar refractivity (Wildman–Crippen MR) is 354 cm³/mol. The Labute approximate surface area is 538 Å². The van der Waals surface area contributed by atoms with Crippen LogP contribution in [0.4, 0.5) is 11.4 Å². The monoisotopic (exact) mass is 1320 g/mol. The van der Waals surface area contributed by atoms with Crippen LogP contribution in [0.25, 0.3) is 65.7 Å². The smallest absolute Gasteiger partial charge is 0.292 e. The van der Waals surface area contributed by atoms with Gasteiger partial charge in [0.15, 0.2) is 5.78 Å². The second kappa shape index (κ2) is 33.7. The molecule has 0 unspecified atom stereocenters. The molecule has 25 nitrogen and oxygen atoms in total. The molecule has 0 radical (unpaired) electrons. The first-order valence-electron chi connectivity index (χ1n) is 29.4. The third-order valence-electron chi connectivity index (χ3n) is 12.9. The van der Waals surface area contributed by atoms with Crippen LogP contribution in [0, 0.1) is 54.6 Å². The number of fused-ring (bicyclic) bond motifs is 10. The van der Waals surface area contributed by atoms with E-state index in [1.165, 1.54) is 36.2 Å². The summed E-state index contributed by atoms with van der Waals surface area (Å²) in [4.78, 5) is 57.7. The Morgan fingerprint density at radius 1 is 0.652 bits per heavy atom. The van der Waals surface area contributed by atoms with Crippen LogP contribution in [-0.2, 0) is 43.5 Å². The standard InChI is InChI=1S/C13H17N5.C13H15N5.C12H12ClN5.C9H10N2O.C6H4N4O2.C5H12.CH4.Cl3OP.H2/c2*1-8(2)7-18-13-11(16-17-18)5-4-10-6-14-9(3)15-12(10)13;1-7(2)6-18-11-9(16-17-18)4-3-8-5-14-12(13)15-10(8)11;1-6-10-5-7-3-2-4-8(12)9(7)11-6;7-9-8-5-1-3-6(4-2-5)10(11)12;1-4-5(2)3;;1-5(2,3)4;/h6,8H,4-5,7H2,1-3H3;4-6,8H,7H2,1-3H3;3-5,7H,6H2,1-2H3;5H,2-4H2,1H3;1-4H;5H,4H2,1-3H3;1H4;;1H/i;;;;;;;;1+1D. The topological polar surface area (TPSA) is 321 Å². The normalized spacial score (nSPS) is 12.1. The summed E-state index contributed by atoms with van der Waals surface area (Å²) >= 11 is 19.7. The Balaban J connectivity index is 0.000000234. The van der Waals surface area contributed by atoms with E-state index in [0.29, 0.717) is 41.4 Å². The number of ketones is 1. The number of aryl methyl sites for hydroxylation is 6. The van der Waals surface area contributed by atoms with E-state index < -0.39 is 10.1 Å². The third kappa shape index (κ3) is 21.5. The molecule has 2 aliphatic rings. The number of azide groups is 1. The molecule has 0 amide bonds. The van der Waals surface area contributed by atoms with Gasteiger partial charge in [0.05, 0.1) is 16.3 Å². The third-order valence-corrected chi connectivity index (χ3v) is 13.1. The molecule has 0 fully saturated rings. The molecule has 0 aliphatic heterocycles. The molecule has 0 saturated heterocycles. The van der Waals surface area contributed by atoms with Gasteiger partial charge in [0, 0.05) is 87.3 Å². The van der Waals surface area contributed by atoms with E-state index in [9.17, 15) is 19.5 Å². The molecular formula is C59H76Cl4N21O4P. The summed E-state index contributed by atoms with van der Waals surface area (Å²) in [6.45, 7) is 27.8. The van der Waals surface area contributed by atoms with Crippen molar-refractivity contribution in [3.8, 4) is 11.4 Å². The number of nitrogens with zero attached hydrogens (tertiary/aromatic N) is 21. The largest absolute Gasteiger partial charge is 0.339 e. The van der Waals surface area contributed by atoms with Crippen molar-refractivity contribution in [3.05, 3.63) is 139 Å². The van der Waals surface area contributed by atoms with Crippen molar-refractivity contribution in [2.75, 3.05) is 0 Å². The van der Waals surface area contributed by atoms with Crippen LogP contribution >= 0.6 is 50.5 Å². The first-order chi connectivity index (χ1) is 42.7. The number of carbonyl (C=O) groups is 1. The van der Waals surface area contributed by atoms with Gasteiger partial charge in [0.2, 0.25) is 5.28 Å². The molecule has 0 spiro atoms. The van der Waals surface area contributed by atoms with E-state index in [-0.39, 0.29) is 24.2 Å². The number of Topliss-reactive ketones (excluding diaryl/α,β-unsaturated/α-hetero) is 1. The fourth-order valence-corrected chi connectivity index (χ4v) is 8.81. The summed E-state index contributed by atoms with van der Waals surface area (Å²) in [6, 6.07) is 13.2. The van der Waals surface area contributed by atoms with Crippen LogP contribution in [0.1, 0.15) is 137 Å². The molecule has 0 N–H and O–H groups in total. The van der Waals surface area contributed by atoms with Gasteiger partial charge >= 0.3 is 5.20 Å². The van der Waals surface area contributed by atoms with Gasteiger partial charge in [0.25, 0.3) is 5.69 Å². The van der Waals surface area contributed by atoms with Gasteiger partial charge in [-0.2, -0.15) is 0 Å². The second-order valence-electron chi connectivity index (χ2n) is 22.1. The predicted octanol–water partition coefficient (Wildman–Crippen LogP) is 16.4. The number of rotatable bonds is 9. The molecule has 0 bridgehead atoms. The zero-order valence-electron chi connectivity index (χ0n) is 53.1. The minimum absolute atomic E-state index is 0. The number of hydrogen-bond donors (Lipinski definition) is 0. The molecule has 30 heteroatoms. The Morgan fingerprint density at radius 2 is 1.11 bits per heavy atom. The first-order valence-corrected chi connectivity index (χ1v) is 33.2. The van der Waals surface area contributed by atoms with Crippen molar-refractivity contribution in [2.24, 2.45) is 28.8 Å². The highest BCUT2D eigenvalue weighted by Crippen LogP contribution is 2.61. The molecular weight excluding hydrogens is 1240 g/mol. The number of carbonyl (C=O) groups excluding carboxylic acids is 1. The van der Waals surface area contributed by atoms with Crippen molar-refractivity contribution >= 4 is 112 Å². The van der Waals surface area contributed by atoms with Crippen molar-refractivity contribution in [2.45, 2.75) is 149 Å². The Morgan fingerprint density at radius 3 is 1.62 bits per heavy atom. The Bertz CT molecular complexity index is 3970. The summed E-state index contributed by atoms with van der Waals surface area (Å²) in [5, 5.41) is 37.8. The first kappa shape index (κ1) is 70.3. The van der Waals surface area contributed by atoms with E-state index in [0.717, 1.165) is 129 Å². The molecule has 2 aliphatic carbocycles. The van der Waals surface area contributed by atoms with Gasteiger partial charge in [-0.25, -0.2) is 53.9 Å². The number of nitro groups is 1. The maximum atomic E-state index is 11.3. The molecule has 12 rings (SSSR count). The minimum atomic E-state index is -3.22. The van der Waals surface area contributed by atoms with E-state index in [1.54, 1.807) is 12.4 Å². The maximum Gasteiger partial charge on any atom is 0.339 e. The number of non-ortho nitro benzene ring substituents is 1. The molecule has 0 saturated carbocycles. The van der Waals surface area contributed by atoms with Crippen LogP contribution in [0.15, 0.2) is 78.4 Å². The zero-order chi connectivity index (χ0) is 66.4. The summed E-state index contributed by atoms with van der Waals surface area (Å²) in [7, 11) is 0. The highest BCUT2D eigenvalue weighted by Gasteiger charge is 2.25. The van der Waals surface area contributed by atoms with Crippen LogP contribution in [0.3, 0.4) is 0 Å². The lowest BCUT2D eigenvalue weighted by Gasteiger charge is -2.16. The molecule has 10 aromatic rings. The van der Waals surface area contributed by atoms with E-state index in [4.69, 9.17) is 20.1 Å². The molecule has 3 aromatic carbocycles. The van der Waals surface area contributed by atoms with Crippen molar-refractivity contribution in [1.29, 1.82) is 0 Å². The molecule has 7 aromatic heterocycles. The SMILES string of the molecule is C.CC(C)Cn1nnc2ccc3cnc(Cl)nc3c21.CCC(C)C.Cc1ncc2c(n1)-c1c(nnn1CC(C)C)CC2.Cc1ncc2c(n1)C(=O)CCC2.Cc1ncc2ccc3nnn(CC(C)C)c3c2n1.O=P(Cl)(Cl)Cl.[2H][2H].[N-]=[N+]=Nc1ccc([N+](=O)[O-])cc1. The molecule has 89 heavy (non-hydrogen) atoms.